The molecule has 3 aromatic rings. The summed E-state index contributed by atoms with van der Waals surface area (Å²) in [5.74, 6) is -0.820. The van der Waals surface area contributed by atoms with Crippen molar-refractivity contribution in [1.82, 2.24) is 10.2 Å². The van der Waals surface area contributed by atoms with E-state index in [1.807, 2.05) is 52.0 Å². The second-order valence-electron chi connectivity index (χ2n) is 9.65. The molecule has 2 amide bonds. The van der Waals surface area contributed by atoms with Crippen molar-refractivity contribution in [2.75, 3.05) is 10.8 Å². The molecule has 7 nitrogen and oxygen atoms in total. The zero-order valence-electron chi connectivity index (χ0n) is 22.3. The Hall–Kier alpha value is -3.36. The Morgan fingerprint density at radius 1 is 0.895 bits per heavy atom. The van der Waals surface area contributed by atoms with Crippen molar-refractivity contribution in [1.29, 1.82) is 0 Å². The molecular weight excluding hydrogens is 522 g/mol. The van der Waals surface area contributed by atoms with Crippen molar-refractivity contribution in [2.24, 2.45) is 0 Å². The minimum Gasteiger partial charge on any atom is -0.352 e. The fourth-order valence-corrected chi connectivity index (χ4v) is 5.51. The van der Waals surface area contributed by atoms with Gasteiger partial charge in [0.15, 0.2) is 0 Å². The lowest BCUT2D eigenvalue weighted by atomic mass is 10.1. The van der Waals surface area contributed by atoms with Gasteiger partial charge in [0.1, 0.15) is 12.6 Å². The fraction of sp³-hybridized carbons (Fsp3) is 0.310. The Morgan fingerprint density at radius 2 is 1.53 bits per heavy atom. The highest BCUT2D eigenvalue weighted by Crippen LogP contribution is 2.26. The number of carbonyl (C=O) groups excluding carboxylic acids is 2. The summed E-state index contributed by atoms with van der Waals surface area (Å²) in [5, 5.41) is 3.25. The van der Waals surface area contributed by atoms with Gasteiger partial charge in [-0.25, -0.2) is 8.42 Å². The molecular formula is C29H34ClN3O4S. The molecule has 0 heterocycles. The summed E-state index contributed by atoms with van der Waals surface area (Å²) in [6.45, 7) is 8.84. The number of sulfonamides is 1. The highest BCUT2D eigenvalue weighted by molar-refractivity contribution is 7.92. The average molecular weight is 556 g/mol. The van der Waals surface area contributed by atoms with Gasteiger partial charge in [-0.3, -0.25) is 13.9 Å². The number of aryl methyl sites for hydroxylation is 2. The zero-order chi connectivity index (χ0) is 28.0. The van der Waals surface area contributed by atoms with Gasteiger partial charge < -0.3 is 10.2 Å². The van der Waals surface area contributed by atoms with E-state index < -0.39 is 28.5 Å². The molecule has 1 atom stereocenters. The van der Waals surface area contributed by atoms with Crippen molar-refractivity contribution < 1.29 is 18.0 Å². The first-order chi connectivity index (χ1) is 17.9. The maximum Gasteiger partial charge on any atom is 0.264 e. The predicted molar refractivity (Wildman–Crippen MR) is 152 cm³/mol. The SMILES string of the molecule is Cc1ccc(N(CC(=O)N(Cc2cccc(C)c2)[C@@H](C)C(=O)NC(C)C)S(=O)(=O)c2ccc(Cl)cc2)cc1. The third-order valence-corrected chi connectivity index (χ3v) is 8.08. The quantitative estimate of drug-likeness (QED) is 0.377. The van der Waals surface area contributed by atoms with E-state index in [2.05, 4.69) is 5.32 Å². The lowest BCUT2D eigenvalue weighted by molar-refractivity contribution is -0.139. The topological polar surface area (TPSA) is 86.8 Å². The summed E-state index contributed by atoms with van der Waals surface area (Å²) in [5.41, 5.74) is 3.14. The van der Waals surface area contributed by atoms with Crippen LogP contribution in [0.1, 0.15) is 37.5 Å². The first-order valence-electron chi connectivity index (χ1n) is 12.4. The van der Waals surface area contributed by atoms with E-state index in [0.717, 1.165) is 21.0 Å². The number of rotatable bonds is 10. The molecule has 1 N–H and O–H groups in total. The van der Waals surface area contributed by atoms with Gasteiger partial charge >= 0.3 is 0 Å². The standard InChI is InChI=1S/C29H34ClN3O4S/c1-20(2)31-29(35)23(5)32(18-24-8-6-7-22(4)17-24)28(34)19-33(26-13-9-21(3)10-14-26)38(36,37)27-15-11-25(30)12-16-27/h6-17,20,23H,18-19H2,1-5H3,(H,31,35)/t23-/m0/s1. The van der Waals surface area contributed by atoms with Crippen molar-refractivity contribution in [3.05, 3.63) is 94.5 Å². The molecule has 3 rings (SSSR count). The molecule has 202 valence electrons. The van der Waals surface area contributed by atoms with Crippen LogP contribution in [0.4, 0.5) is 5.69 Å². The Kier molecular flexibility index (Phi) is 9.57. The van der Waals surface area contributed by atoms with E-state index in [1.165, 1.54) is 29.2 Å². The largest absolute Gasteiger partial charge is 0.352 e. The summed E-state index contributed by atoms with van der Waals surface area (Å²) in [7, 11) is -4.13. The highest BCUT2D eigenvalue weighted by Gasteiger charge is 2.32. The summed E-state index contributed by atoms with van der Waals surface area (Å²) >= 11 is 5.98. The van der Waals surface area contributed by atoms with Crippen LogP contribution in [0.15, 0.2) is 77.7 Å². The molecule has 0 aliphatic carbocycles. The Bertz CT molecular complexity index is 1370. The number of hydrogen-bond acceptors (Lipinski definition) is 4. The second kappa shape index (κ2) is 12.5. The van der Waals surface area contributed by atoms with Crippen molar-refractivity contribution in [3.63, 3.8) is 0 Å². The van der Waals surface area contributed by atoms with Gasteiger partial charge in [0.25, 0.3) is 10.0 Å². The lowest BCUT2D eigenvalue weighted by Gasteiger charge is -2.32. The number of carbonyl (C=O) groups is 2. The molecule has 3 aromatic carbocycles. The van der Waals surface area contributed by atoms with Crippen molar-refractivity contribution in [2.45, 2.75) is 58.1 Å². The van der Waals surface area contributed by atoms with Crippen LogP contribution < -0.4 is 9.62 Å². The monoisotopic (exact) mass is 555 g/mol. The van der Waals surface area contributed by atoms with Gasteiger partial charge in [-0.05, 0) is 76.6 Å². The third-order valence-electron chi connectivity index (χ3n) is 6.04. The van der Waals surface area contributed by atoms with Crippen molar-refractivity contribution >= 4 is 39.1 Å². The van der Waals surface area contributed by atoms with Crippen LogP contribution in [0.25, 0.3) is 0 Å². The smallest absolute Gasteiger partial charge is 0.264 e. The van der Waals surface area contributed by atoms with E-state index in [-0.39, 0.29) is 23.4 Å². The fourth-order valence-electron chi connectivity index (χ4n) is 3.97. The van der Waals surface area contributed by atoms with Crippen LogP contribution in [0.2, 0.25) is 5.02 Å². The molecule has 0 aromatic heterocycles. The minimum atomic E-state index is -4.13. The summed E-state index contributed by atoms with van der Waals surface area (Å²) in [6, 6.07) is 19.4. The van der Waals surface area contributed by atoms with Gasteiger partial charge in [0, 0.05) is 17.6 Å². The molecule has 38 heavy (non-hydrogen) atoms. The lowest BCUT2D eigenvalue weighted by Crippen LogP contribution is -2.52. The maximum atomic E-state index is 13.9. The number of anilines is 1. The Labute approximate surface area is 230 Å². The van der Waals surface area contributed by atoms with E-state index in [1.54, 1.807) is 31.2 Å². The molecule has 0 fully saturated rings. The number of benzene rings is 3. The molecule has 0 radical (unpaired) electrons. The van der Waals surface area contributed by atoms with E-state index in [4.69, 9.17) is 11.6 Å². The van der Waals surface area contributed by atoms with Gasteiger partial charge in [0.2, 0.25) is 11.8 Å². The summed E-state index contributed by atoms with van der Waals surface area (Å²) in [4.78, 5) is 28.2. The van der Waals surface area contributed by atoms with Crippen LogP contribution in [0.3, 0.4) is 0 Å². The van der Waals surface area contributed by atoms with Crippen LogP contribution in [0.5, 0.6) is 0 Å². The number of hydrogen-bond donors (Lipinski definition) is 1. The number of nitrogens with one attached hydrogen (secondary N) is 1. The Morgan fingerprint density at radius 3 is 2.11 bits per heavy atom. The van der Waals surface area contributed by atoms with Gasteiger partial charge in [0.05, 0.1) is 10.6 Å². The third kappa shape index (κ3) is 7.36. The number of amides is 2. The molecule has 0 saturated heterocycles. The number of nitrogens with zero attached hydrogens (tertiary/aromatic N) is 2. The summed E-state index contributed by atoms with van der Waals surface area (Å²) in [6.07, 6.45) is 0. The number of halogens is 1. The van der Waals surface area contributed by atoms with Crippen LogP contribution in [-0.4, -0.2) is 43.8 Å². The molecule has 9 heteroatoms. The first kappa shape index (κ1) is 29.2. The van der Waals surface area contributed by atoms with E-state index >= 15 is 0 Å². The predicted octanol–water partition coefficient (Wildman–Crippen LogP) is 5.09. The Balaban J connectivity index is 2.02. The van der Waals surface area contributed by atoms with Crippen LogP contribution in [0, 0.1) is 13.8 Å². The normalized spacial score (nSPS) is 12.2. The van der Waals surface area contributed by atoms with Crippen LogP contribution >= 0.6 is 11.6 Å². The van der Waals surface area contributed by atoms with Gasteiger partial charge in [-0.2, -0.15) is 0 Å². The van der Waals surface area contributed by atoms with Crippen molar-refractivity contribution in [3.8, 4) is 0 Å². The minimum absolute atomic E-state index is 0.00566. The zero-order valence-corrected chi connectivity index (χ0v) is 23.9. The maximum absolute atomic E-state index is 13.9. The molecule has 0 spiro atoms. The van der Waals surface area contributed by atoms with E-state index in [9.17, 15) is 18.0 Å². The molecule has 0 unspecified atom stereocenters. The average Bonchev–Trinajstić information content (AvgIpc) is 2.86. The highest BCUT2D eigenvalue weighted by atomic mass is 35.5. The van der Waals surface area contributed by atoms with Crippen LogP contribution in [-0.2, 0) is 26.2 Å². The first-order valence-corrected chi connectivity index (χ1v) is 14.2. The molecule has 0 bridgehead atoms. The molecule has 0 aliphatic heterocycles. The summed E-state index contributed by atoms with van der Waals surface area (Å²) < 4.78 is 28.6. The molecule has 0 aliphatic rings. The van der Waals surface area contributed by atoms with E-state index in [0.29, 0.717) is 10.7 Å². The second-order valence-corrected chi connectivity index (χ2v) is 11.9. The van der Waals surface area contributed by atoms with Gasteiger partial charge in [-0.1, -0.05) is 59.1 Å². The molecule has 0 saturated carbocycles. The van der Waals surface area contributed by atoms with Gasteiger partial charge in [-0.15, -0.1) is 0 Å².